The van der Waals surface area contributed by atoms with Crippen LogP contribution in [0.15, 0.2) is 66.6 Å². The highest BCUT2D eigenvalue weighted by Crippen LogP contribution is 2.29. The lowest BCUT2D eigenvalue weighted by atomic mass is 9.99. The number of benzene rings is 3. The van der Waals surface area contributed by atoms with E-state index in [1.807, 2.05) is 0 Å². The lowest BCUT2D eigenvalue weighted by molar-refractivity contribution is -0.137. The molecule has 1 N–H and O–H groups in total. The van der Waals surface area contributed by atoms with Crippen molar-refractivity contribution in [2.45, 2.75) is 31.9 Å². The highest BCUT2D eigenvalue weighted by Gasteiger charge is 2.30. The van der Waals surface area contributed by atoms with Gasteiger partial charge in [-0.15, -0.1) is 0 Å². The van der Waals surface area contributed by atoms with Crippen molar-refractivity contribution in [1.82, 2.24) is 5.32 Å². The molecule has 1 nitrogen and oxygen atoms in total. The minimum absolute atomic E-state index is 0.00726. The molecule has 3 aromatic carbocycles. The van der Waals surface area contributed by atoms with Crippen LogP contribution in [0, 0.1) is 0 Å². The van der Waals surface area contributed by atoms with E-state index in [1.165, 1.54) is 6.07 Å². The zero-order valence-corrected chi connectivity index (χ0v) is 13.8. The fourth-order valence-corrected chi connectivity index (χ4v) is 2.67. The molecule has 0 aliphatic carbocycles. The smallest absolute Gasteiger partial charge is 0.310 e. The molecule has 136 valence electrons. The summed E-state index contributed by atoms with van der Waals surface area (Å²) in [5, 5.41) is 4.02. The largest absolute Gasteiger partial charge is 0.416 e. The Morgan fingerprint density at radius 2 is 1.96 bits per heavy atom. The minimum atomic E-state index is -5.02. The number of fused-ring (bicyclic) bond motifs is 1. The Morgan fingerprint density at radius 1 is 1.15 bits per heavy atom. The van der Waals surface area contributed by atoms with Gasteiger partial charge in [-0.05, 0) is 54.2 Å². The second kappa shape index (κ2) is 7.92. The van der Waals surface area contributed by atoms with Crippen molar-refractivity contribution in [3.05, 3.63) is 83.3 Å². The van der Waals surface area contributed by atoms with Crippen LogP contribution in [-0.4, -0.2) is 6.54 Å². The summed E-state index contributed by atoms with van der Waals surface area (Å²) < 4.78 is 104. The third-order valence-corrected chi connectivity index (χ3v) is 3.92. The Kier molecular flexibility index (Phi) is 3.27. The molecule has 0 aliphatic heterocycles. The first-order valence-corrected chi connectivity index (χ1v) is 8.10. The van der Waals surface area contributed by atoms with Crippen LogP contribution in [0.1, 0.15) is 46.9 Å². The van der Waals surface area contributed by atoms with Crippen LogP contribution in [-0.2, 0) is 12.6 Å². The summed E-state index contributed by atoms with van der Waals surface area (Å²) in [6.45, 7) is -2.90. The van der Waals surface area contributed by atoms with E-state index in [4.69, 9.17) is 11.0 Å². The summed E-state index contributed by atoms with van der Waals surface area (Å²) >= 11 is 0. The average molecular weight is 365 g/mol. The van der Waals surface area contributed by atoms with E-state index in [9.17, 15) is 13.2 Å². The van der Waals surface area contributed by atoms with Crippen LogP contribution in [0.4, 0.5) is 13.2 Å². The van der Waals surface area contributed by atoms with Gasteiger partial charge in [-0.25, -0.2) is 0 Å². The van der Waals surface area contributed by atoms with Crippen molar-refractivity contribution in [3.63, 3.8) is 0 Å². The fraction of sp³-hybridized carbons (Fsp3) is 0.273. The molecule has 3 rings (SSSR count). The second-order valence-corrected chi connectivity index (χ2v) is 5.78. The van der Waals surface area contributed by atoms with Crippen molar-refractivity contribution in [2.75, 3.05) is 6.54 Å². The van der Waals surface area contributed by atoms with Gasteiger partial charge in [0, 0.05) is 10.1 Å². The molecule has 0 aliphatic rings. The molecule has 0 spiro atoms. The van der Waals surface area contributed by atoms with E-state index in [0.29, 0.717) is 5.39 Å². The molecule has 3 aromatic rings. The number of hydrogen-bond donors (Lipinski definition) is 1. The SMILES string of the molecule is [2H]c1c([2H])c(CCCN[C@]([2H])(c2cccc3ccccc23)C([2H])([2H])[2H])c([2H])c(C(F)(F)F)c1[2H]. The Balaban J connectivity index is 1.88. The lowest BCUT2D eigenvalue weighted by Crippen LogP contribution is -2.20. The standard InChI is InChI=1S/C22H22F3N/c1-16(20-13-5-10-18-9-2-3-12-21(18)20)26-14-6-8-17-7-4-11-19(15-17)22(23,24)25/h2-5,7,9-13,15-16,26H,6,8,14H2,1H3/t16-/m0/s1/i1D3,4D,7D,11D,15D,16D. The van der Waals surface area contributed by atoms with Crippen molar-refractivity contribution < 1.29 is 24.1 Å². The third kappa shape index (κ3) is 4.44. The van der Waals surface area contributed by atoms with Crippen LogP contribution in [0.3, 0.4) is 0 Å². The van der Waals surface area contributed by atoms with Gasteiger partial charge in [-0.2, -0.15) is 13.2 Å². The van der Waals surface area contributed by atoms with Gasteiger partial charge in [0.05, 0.1) is 12.4 Å². The van der Waals surface area contributed by atoms with Gasteiger partial charge in [0.2, 0.25) is 0 Å². The van der Waals surface area contributed by atoms with Gasteiger partial charge >= 0.3 is 6.18 Å². The molecule has 0 amide bonds. The number of alkyl halides is 3. The predicted molar refractivity (Wildman–Crippen MR) is 100 cm³/mol. The molecule has 0 heterocycles. The Hall–Kier alpha value is -2.33. The van der Waals surface area contributed by atoms with E-state index >= 15 is 0 Å². The maximum absolute atomic E-state index is 13.3. The summed E-state index contributed by atoms with van der Waals surface area (Å²) in [7, 11) is 0. The average Bonchev–Trinajstić information content (AvgIpc) is 2.74. The number of nitrogens with one attached hydrogen (secondary N) is 1. The molecule has 0 bridgehead atoms. The van der Waals surface area contributed by atoms with E-state index in [1.54, 1.807) is 36.4 Å². The van der Waals surface area contributed by atoms with Crippen molar-refractivity contribution >= 4 is 10.8 Å². The van der Waals surface area contributed by atoms with Gasteiger partial charge < -0.3 is 5.32 Å². The number of hydrogen-bond acceptors (Lipinski definition) is 1. The van der Waals surface area contributed by atoms with Crippen LogP contribution < -0.4 is 5.32 Å². The summed E-state index contributed by atoms with van der Waals surface area (Å²) in [4.78, 5) is 0. The van der Waals surface area contributed by atoms with Gasteiger partial charge in [0.1, 0.15) is 0 Å². The zero-order valence-electron chi connectivity index (χ0n) is 21.8. The van der Waals surface area contributed by atoms with E-state index in [0.717, 1.165) is 5.39 Å². The molecular formula is C22H22F3N. The number of halogens is 3. The summed E-state index contributed by atoms with van der Waals surface area (Å²) in [6.07, 6.45) is -5.24. The van der Waals surface area contributed by atoms with Crippen LogP contribution >= 0.6 is 0 Å². The van der Waals surface area contributed by atoms with Gasteiger partial charge in [-0.3, -0.25) is 0 Å². The van der Waals surface area contributed by atoms with E-state index < -0.39 is 48.8 Å². The molecule has 0 unspecified atom stereocenters. The Bertz CT molecular complexity index is 1200. The second-order valence-electron chi connectivity index (χ2n) is 5.78. The first-order valence-electron chi connectivity index (χ1n) is 12.1. The summed E-state index contributed by atoms with van der Waals surface area (Å²) in [5.41, 5.74) is -1.69. The van der Waals surface area contributed by atoms with Crippen molar-refractivity contribution in [1.29, 1.82) is 0 Å². The van der Waals surface area contributed by atoms with Gasteiger partial charge in [0.15, 0.2) is 0 Å². The molecular weight excluding hydrogens is 335 g/mol. The summed E-state index contributed by atoms with van der Waals surface area (Å²) in [5.74, 6) is 0. The highest BCUT2D eigenvalue weighted by atomic mass is 19.4. The maximum atomic E-state index is 13.3. The molecule has 0 saturated carbocycles. The molecule has 4 heteroatoms. The third-order valence-electron chi connectivity index (χ3n) is 3.92. The molecule has 0 radical (unpaired) electrons. The van der Waals surface area contributed by atoms with Gasteiger partial charge in [-0.1, -0.05) is 60.6 Å². The predicted octanol–water partition coefficient (Wildman–Crippen LogP) is 6.14. The Labute approximate surface area is 163 Å². The molecule has 0 saturated heterocycles. The zero-order chi connectivity index (χ0) is 25.5. The topological polar surface area (TPSA) is 12.0 Å². The van der Waals surface area contributed by atoms with Crippen LogP contribution in [0.2, 0.25) is 0 Å². The van der Waals surface area contributed by atoms with Crippen LogP contribution in [0.5, 0.6) is 0 Å². The molecule has 26 heavy (non-hydrogen) atoms. The first-order chi connectivity index (χ1) is 15.7. The number of rotatable bonds is 6. The molecule has 1 atom stereocenters. The van der Waals surface area contributed by atoms with E-state index in [2.05, 4.69) is 5.32 Å². The summed E-state index contributed by atoms with van der Waals surface area (Å²) in [6, 6.07) is 5.96. The van der Waals surface area contributed by atoms with Crippen molar-refractivity contribution in [3.8, 4) is 0 Å². The first kappa shape index (κ1) is 10.7. The fourth-order valence-electron chi connectivity index (χ4n) is 2.67. The quantitative estimate of drug-likeness (QED) is 0.517. The monoisotopic (exact) mass is 365 g/mol. The van der Waals surface area contributed by atoms with Crippen LogP contribution in [0.25, 0.3) is 10.8 Å². The molecule has 0 fully saturated rings. The Morgan fingerprint density at radius 3 is 2.77 bits per heavy atom. The minimum Gasteiger partial charge on any atom is -0.310 e. The maximum Gasteiger partial charge on any atom is 0.416 e. The van der Waals surface area contributed by atoms with Crippen molar-refractivity contribution in [2.24, 2.45) is 0 Å². The molecule has 0 aromatic heterocycles. The normalized spacial score (nSPS) is 19.2. The highest BCUT2D eigenvalue weighted by molar-refractivity contribution is 5.86. The lowest BCUT2D eigenvalue weighted by Gasteiger charge is -2.17. The van der Waals surface area contributed by atoms with Gasteiger partial charge in [0.25, 0.3) is 0 Å². The van der Waals surface area contributed by atoms with E-state index in [-0.39, 0.29) is 30.5 Å².